The first-order valence-electron chi connectivity index (χ1n) is 7.61. The highest BCUT2D eigenvalue weighted by molar-refractivity contribution is 5.82. The van der Waals surface area contributed by atoms with Gasteiger partial charge < -0.3 is 15.5 Å². The van der Waals surface area contributed by atoms with E-state index in [1.807, 2.05) is 0 Å². The fraction of sp³-hybridized carbons (Fsp3) is 0.933. The van der Waals surface area contributed by atoms with Crippen LogP contribution in [0.25, 0.3) is 0 Å². The van der Waals surface area contributed by atoms with Crippen LogP contribution in [0, 0.1) is 5.92 Å². The molecule has 3 atom stereocenters. The van der Waals surface area contributed by atoms with E-state index >= 15 is 0 Å². The van der Waals surface area contributed by atoms with Gasteiger partial charge in [-0.1, -0.05) is 12.8 Å². The molecule has 19 heavy (non-hydrogen) atoms. The number of carbonyl (C=O) groups excluding carboxylic acids is 1. The molecule has 1 amide bonds. The van der Waals surface area contributed by atoms with Crippen molar-refractivity contribution >= 4 is 5.91 Å². The molecule has 3 unspecified atom stereocenters. The van der Waals surface area contributed by atoms with Crippen molar-refractivity contribution in [1.29, 1.82) is 0 Å². The number of amides is 1. The van der Waals surface area contributed by atoms with E-state index in [0.29, 0.717) is 12.6 Å². The molecule has 2 aliphatic rings. The molecule has 1 aliphatic heterocycles. The van der Waals surface area contributed by atoms with Crippen LogP contribution in [0.15, 0.2) is 0 Å². The van der Waals surface area contributed by atoms with Gasteiger partial charge in [0.15, 0.2) is 0 Å². The molecule has 0 aromatic rings. The van der Waals surface area contributed by atoms with Crippen LogP contribution in [0.5, 0.6) is 0 Å². The molecule has 1 saturated carbocycles. The van der Waals surface area contributed by atoms with E-state index in [0.717, 1.165) is 12.3 Å². The molecule has 0 aromatic heterocycles. The van der Waals surface area contributed by atoms with Crippen LogP contribution in [-0.4, -0.2) is 49.1 Å². The fourth-order valence-corrected chi connectivity index (χ4v) is 3.11. The molecule has 2 N–H and O–H groups in total. The van der Waals surface area contributed by atoms with Crippen LogP contribution in [-0.2, 0) is 4.79 Å². The first-order chi connectivity index (χ1) is 8.90. The third kappa shape index (κ3) is 3.48. The van der Waals surface area contributed by atoms with Crippen molar-refractivity contribution in [3.05, 3.63) is 0 Å². The molecule has 1 aliphatic carbocycles. The summed E-state index contributed by atoms with van der Waals surface area (Å²) >= 11 is 0. The summed E-state index contributed by atoms with van der Waals surface area (Å²) in [4.78, 5) is 14.4. The third-order valence-electron chi connectivity index (χ3n) is 5.09. The molecule has 0 radical (unpaired) electrons. The molecule has 0 spiro atoms. The number of hydrogen-bond acceptors (Lipinski definition) is 3. The van der Waals surface area contributed by atoms with Crippen LogP contribution in [0.3, 0.4) is 0 Å². The Morgan fingerprint density at radius 1 is 1.32 bits per heavy atom. The van der Waals surface area contributed by atoms with E-state index in [1.54, 1.807) is 0 Å². The number of fused-ring (bicyclic) bond motifs is 1. The number of nitrogens with one attached hydrogen (secondary N) is 2. The van der Waals surface area contributed by atoms with Crippen molar-refractivity contribution in [3.63, 3.8) is 0 Å². The van der Waals surface area contributed by atoms with E-state index < -0.39 is 0 Å². The van der Waals surface area contributed by atoms with Crippen molar-refractivity contribution in [1.82, 2.24) is 15.5 Å². The number of rotatable bonds is 4. The predicted octanol–water partition coefficient (Wildman–Crippen LogP) is 1.36. The summed E-state index contributed by atoms with van der Waals surface area (Å²) < 4.78 is 0. The molecule has 0 aromatic carbocycles. The van der Waals surface area contributed by atoms with Crippen molar-refractivity contribution in [3.8, 4) is 0 Å². The Balaban J connectivity index is 1.81. The maximum Gasteiger partial charge on any atom is 0.237 e. The van der Waals surface area contributed by atoms with Crippen LogP contribution in [0.2, 0.25) is 0 Å². The largest absolute Gasteiger partial charge is 0.353 e. The highest BCUT2D eigenvalue weighted by Crippen LogP contribution is 2.33. The first kappa shape index (κ1) is 14.8. The second kappa shape index (κ2) is 5.80. The first-order valence-corrected chi connectivity index (χ1v) is 7.61. The fourth-order valence-electron chi connectivity index (χ4n) is 3.11. The maximum atomic E-state index is 12.3. The van der Waals surface area contributed by atoms with Gasteiger partial charge in [-0.15, -0.1) is 0 Å². The number of carbonyl (C=O) groups is 1. The minimum absolute atomic E-state index is 0.00102. The molecule has 0 bridgehead atoms. The summed E-state index contributed by atoms with van der Waals surface area (Å²) in [5.41, 5.74) is 0.00102. The highest BCUT2D eigenvalue weighted by atomic mass is 16.2. The lowest BCUT2D eigenvalue weighted by molar-refractivity contribution is -0.123. The lowest BCUT2D eigenvalue weighted by atomic mass is 9.85. The van der Waals surface area contributed by atoms with E-state index in [4.69, 9.17) is 0 Å². The van der Waals surface area contributed by atoms with Crippen molar-refractivity contribution in [2.24, 2.45) is 5.92 Å². The summed E-state index contributed by atoms with van der Waals surface area (Å²) in [5.74, 6) is 0.913. The van der Waals surface area contributed by atoms with Crippen LogP contribution in [0.4, 0.5) is 0 Å². The van der Waals surface area contributed by atoms with Crippen LogP contribution >= 0.6 is 0 Å². The molecule has 1 saturated heterocycles. The summed E-state index contributed by atoms with van der Waals surface area (Å²) in [6.45, 7) is 5.00. The van der Waals surface area contributed by atoms with Crippen LogP contribution in [0.1, 0.15) is 46.0 Å². The molecular weight excluding hydrogens is 238 g/mol. The quantitative estimate of drug-likeness (QED) is 0.808. The van der Waals surface area contributed by atoms with Gasteiger partial charge in [-0.05, 0) is 53.1 Å². The van der Waals surface area contributed by atoms with Gasteiger partial charge in [-0.3, -0.25) is 4.79 Å². The van der Waals surface area contributed by atoms with Crippen molar-refractivity contribution in [2.45, 2.75) is 63.6 Å². The number of hydrogen-bond donors (Lipinski definition) is 2. The van der Waals surface area contributed by atoms with Crippen LogP contribution < -0.4 is 10.6 Å². The Labute approximate surface area is 117 Å². The second-order valence-corrected chi connectivity index (χ2v) is 7.03. The Kier molecular flexibility index (Phi) is 4.51. The normalized spacial score (nSPS) is 31.3. The zero-order chi connectivity index (χ0) is 14.0. The molecule has 2 rings (SSSR count). The van der Waals surface area contributed by atoms with E-state index in [2.05, 4.69) is 43.5 Å². The standard InChI is InChI=1S/C15H29N3O/c1-15(2,18(3)4)10-16-14(19)13-9-11-7-5-6-8-12(11)17-13/h11-13,17H,5-10H2,1-4H3,(H,16,19). The molecular formula is C15H29N3O. The minimum Gasteiger partial charge on any atom is -0.353 e. The average molecular weight is 267 g/mol. The van der Waals surface area contributed by atoms with Crippen molar-refractivity contribution in [2.75, 3.05) is 20.6 Å². The Bertz CT molecular complexity index is 313. The van der Waals surface area contributed by atoms with Crippen molar-refractivity contribution < 1.29 is 4.79 Å². The van der Waals surface area contributed by atoms with E-state index in [9.17, 15) is 4.79 Å². The summed E-state index contributed by atoms with van der Waals surface area (Å²) in [7, 11) is 4.10. The van der Waals surface area contributed by atoms with E-state index in [1.165, 1.54) is 25.7 Å². The van der Waals surface area contributed by atoms with Gasteiger partial charge in [0, 0.05) is 18.1 Å². The molecule has 2 fully saturated rings. The van der Waals surface area contributed by atoms with Gasteiger partial charge in [0.2, 0.25) is 5.91 Å². The number of nitrogens with zero attached hydrogens (tertiary/aromatic N) is 1. The Morgan fingerprint density at radius 2 is 2.00 bits per heavy atom. The SMILES string of the molecule is CN(C)C(C)(C)CNC(=O)C1CC2CCCCC2N1. The molecule has 1 heterocycles. The van der Waals surface area contributed by atoms with Gasteiger partial charge in [-0.25, -0.2) is 0 Å². The Morgan fingerprint density at radius 3 is 2.63 bits per heavy atom. The third-order valence-corrected chi connectivity index (χ3v) is 5.09. The zero-order valence-electron chi connectivity index (χ0n) is 12.8. The van der Waals surface area contributed by atoms with E-state index in [-0.39, 0.29) is 17.5 Å². The highest BCUT2D eigenvalue weighted by Gasteiger charge is 2.38. The molecule has 4 nitrogen and oxygen atoms in total. The molecule has 110 valence electrons. The molecule has 4 heteroatoms. The maximum absolute atomic E-state index is 12.3. The lowest BCUT2D eigenvalue weighted by Crippen LogP contribution is -2.51. The monoisotopic (exact) mass is 267 g/mol. The topological polar surface area (TPSA) is 44.4 Å². The summed E-state index contributed by atoms with van der Waals surface area (Å²) in [6.07, 6.45) is 6.22. The lowest BCUT2D eigenvalue weighted by Gasteiger charge is -2.33. The van der Waals surface area contributed by atoms with Gasteiger partial charge in [0.25, 0.3) is 0 Å². The smallest absolute Gasteiger partial charge is 0.237 e. The summed E-state index contributed by atoms with van der Waals surface area (Å²) in [6, 6.07) is 0.623. The average Bonchev–Trinajstić information content (AvgIpc) is 2.79. The summed E-state index contributed by atoms with van der Waals surface area (Å²) in [5, 5.41) is 6.65. The van der Waals surface area contributed by atoms with Gasteiger partial charge in [0.1, 0.15) is 0 Å². The van der Waals surface area contributed by atoms with Gasteiger partial charge in [-0.2, -0.15) is 0 Å². The Hall–Kier alpha value is -0.610. The van der Waals surface area contributed by atoms with Gasteiger partial charge >= 0.3 is 0 Å². The predicted molar refractivity (Wildman–Crippen MR) is 78.1 cm³/mol. The minimum atomic E-state index is 0.00102. The number of likely N-dealkylation sites (N-methyl/N-ethyl adjacent to an activating group) is 1. The zero-order valence-corrected chi connectivity index (χ0v) is 12.8. The van der Waals surface area contributed by atoms with Gasteiger partial charge in [0.05, 0.1) is 6.04 Å². The second-order valence-electron chi connectivity index (χ2n) is 7.03.